The summed E-state index contributed by atoms with van der Waals surface area (Å²) in [5.41, 5.74) is 2.41. The van der Waals surface area contributed by atoms with Crippen molar-refractivity contribution in [3.63, 3.8) is 0 Å². The molecule has 1 saturated heterocycles. The zero-order valence-corrected chi connectivity index (χ0v) is 13.7. The molecule has 1 amide bonds. The van der Waals surface area contributed by atoms with Gasteiger partial charge >= 0.3 is 5.97 Å². The van der Waals surface area contributed by atoms with Gasteiger partial charge in [0.15, 0.2) is 6.10 Å². The van der Waals surface area contributed by atoms with Crippen LogP contribution in [0.5, 0.6) is 0 Å². The van der Waals surface area contributed by atoms with Crippen LogP contribution in [0.1, 0.15) is 54.1 Å². The molecule has 22 heavy (non-hydrogen) atoms. The van der Waals surface area contributed by atoms with Gasteiger partial charge in [0.05, 0.1) is 5.56 Å². The van der Waals surface area contributed by atoms with Crippen LogP contribution >= 0.6 is 0 Å². The maximum absolute atomic E-state index is 12.4. The molecule has 1 fully saturated rings. The molecule has 1 heterocycles. The second-order valence-electron chi connectivity index (χ2n) is 6.11. The van der Waals surface area contributed by atoms with Crippen molar-refractivity contribution >= 4 is 11.9 Å². The summed E-state index contributed by atoms with van der Waals surface area (Å²) in [6.07, 6.45) is 3.67. The fourth-order valence-electron chi connectivity index (χ4n) is 2.78. The molecule has 0 aromatic heterocycles. The van der Waals surface area contributed by atoms with E-state index in [1.165, 1.54) is 12.8 Å². The number of carbonyl (C=O) groups excluding carboxylic acids is 2. The van der Waals surface area contributed by atoms with Gasteiger partial charge in [-0.05, 0) is 45.2 Å². The molecule has 0 saturated carbocycles. The summed E-state index contributed by atoms with van der Waals surface area (Å²) in [7, 11) is 0. The summed E-state index contributed by atoms with van der Waals surface area (Å²) in [5, 5.41) is 0. The maximum Gasteiger partial charge on any atom is 0.339 e. The van der Waals surface area contributed by atoms with E-state index in [1.54, 1.807) is 13.0 Å². The highest BCUT2D eigenvalue weighted by Crippen LogP contribution is 2.15. The van der Waals surface area contributed by atoms with Gasteiger partial charge in [0.2, 0.25) is 0 Å². The number of nitrogens with zero attached hydrogens (tertiary/aromatic N) is 1. The SMILES string of the molecule is Cc1ccc(C)c(C(=O)OC(C)C(=O)N2CCCCCC2)c1. The summed E-state index contributed by atoms with van der Waals surface area (Å²) in [4.78, 5) is 26.5. The van der Waals surface area contributed by atoms with Crippen LogP contribution in [0.4, 0.5) is 0 Å². The topological polar surface area (TPSA) is 46.6 Å². The van der Waals surface area contributed by atoms with E-state index >= 15 is 0 Å². The largest absolute Gasteiger partial charge is 0.449 e. The highest BCUT2D eigenvalue weighted by molar-refractivity contribution is 5.93. The van der Waals surface area contributed by atoms with Crippen molar-refractivity contribution in [1.29, 1.82) is 0 Å². The van der Waals surface area contributed by atoms with Crippen LogP contribution in [-0.2, 0) is 9.53 Å². The molecule has 1 atom stereocenters. The molecule has 0 bridgehead atoms. The van der Waals surface area contributed by atoms with Gasteiger partial charge in [0.1, 0.15) is 0 Å². The van der Waals surface area contributed by atoms with E-state index in [2.05, 4.69) is 0 Å². The summed E-state index contributed by atoms with van der Waals surface area (Å²) < 4.78 is 5.40. The van der Waals surface area contributed by atoms with E-state index in [0.717, 1.165) is 37.1 Å². The second-order valence-corrected chi connectivity index (χ2v) is 6.11. The lowest BCUT2D eigenvalue weighted by Gasteiger charge is -2.24. The monoisotopic (exact) mass is 303 g/mol. The summed E-state index contributed by atoms with van der Waals surface area (Å²) in [6, 6.07) is 5.66. The Morgan fingerprint density at radius 1 is 1.09 bits per heavy atom. The van der Waals surface area contributed by atoms with Gasteiger partial charge < -0.3 is 9.64 Å². The van der Waals surface area contributed by atoms with Crippen LogP contribution in [0.15, 0.2) is 18.2 Å². The Morgan fingerprint density at radius 2 is 1.73 bits per heavy atom. The van der Waals surface area contributed by atoms with E-state index in [4.69, 9.17) is 4.74 Å². The Labute approximate surface area is 132 Å². The Morgan fingerprint density at radius 3 is 2.36 bits per heavy atom. The molecule has 0 aliphatic carbocycles. The quantitative estimate of drug-likeness (QED) is 0.805. The minimum atomic E-state index is -0.731. The Bertz CT molecular complexity index is 545. The molecule has 1 aromatic carbocycles. The third kappa shape index (κ3) is 4.09. The lowest BCUT2D eigenvalue weighted by atomic mass is 10.1. The number of benzene rings is 1. The van der Waals surface area contributed by atoms with Crippen molar-refractivity contribution in [2.45, 2.75) is 52.6 Å². The molecule has 0 spiro atoms. The molecule has 4 heteroatoms. The lowest BCUT2D eigenvalue weighted by Crippen LogP contribution is -2.40. The first-order chi connectivity index (χ1) is 10.5. The first-order valence-electron chi connectivity index (χ1n) is 8.06. The van der Waals surface area contributed by atoms with Crippen molar-refractivity contribution in [3.8, 4) is 0 Å². The van der Waals surface area contributed by atoms with Gasteiger partial charge in [0.25, 0.3) is 5.91 Å². The first kappa shape index (κ1) is 16.5. The number of amides is 1. The molecule has 0 radical (unpaired) electrons. The zero-order valence-electron chi connectivity index (χ0n) is 13.7. The average Bonchev–Trinajstić information content (AvgIpc) is 2.77. The molecule has 4 nitrogen and oxygen atoms in total. The number of ether oxygens (including phenoxy) is 1. The predicted molar refractivity (Wildman–Crippen MR) is 85.8 cm³/mol. The van der Waals surface area contributed by atoms with E-state index < -0.39 is 12.1 Å². The van der Waals surface area contributed by atoms with Gasteiger partial charge in [-0.2, -0.15) is 0 Å². The maximum atomic E-state index is 12.4. The molecule has 1 aliphatic heterocycles. The fourth-order valence-corrected chi connectivity index (χ4v) is 2.78. The van der Waals surface area contributed by atoms with E-state index in [1.807, 2.05) is 30.9 Å². The van der Waals surface area contributed by atoms with Crippen LogP contribution in [0.25, 0.3) is 0 Å². The van der Waals surface area contributed by atoms with Crippen molar-refractivity contribution in [3.05, 3.63) is 34.9 Å². The van der Waals surface area contributed by atoms with Crippen LogP contribution in [0, 0.1) is 13.8 Å². The van der Waals surface area contributed by atoms with Crippen LogP contribution in [-0.4, -0.2) is 36.0 Å². The molecule has 2 rings (SSSR count). The van der Waals surface area contributed by atoms with Gasteiger partial charge in [-0.3, -0.25) is 4.79 Å². The molecular formula is C18H25NO3. The first-order valence-corrected chi connectivity index (χ1v) is 8.06. The van der Waals surface area contributed by atoms with Crippen LogP contribution in [0.2, 0.25) is 0 Å². The zero-order chi connectivity index (χ0) is 16.1. The van der Waals surface area contributed by atoms with Crippen LogP contribution < -0.4 is 0 Å². The summed E-state index contributed by atoms with van der Waals surface area (Å²) in [6.45, 7) is 7.00. The lowest BCUT2D eigenvalue weighted by molar-refractivity contribution is -0.139. The van der Waals surface area contributed by atoms with E-state index in [-0.39, 0.29) is 5.91 Å². The third-order valence-electron chi connectivity index (χ3n) is 4.16. The molecule has 1 aromatic rings. The van der Waals surface area contributed by atoms with E-state index in [0.29, 0.717) is 5.56 Å². The van der Waals surface area contributed by atoms with Gasteiger partial charge in [-0.25, -0.2) is 4.79 Å². The van der Waals surface area contributed by atoms with Gasteiger partial charge in [0, 0.05) is 13.1 Å². The van der Waals surface area contributed by atoms with Crippen molar-refractivity contribution in [1.82, 2.24) is 4.90 Å². The number of aryl methyl sites for hydroxylation is 2. The summed E-state index contributed by atoms with van der Waals surface area (Å²) >= 11 is 0. The number of rotatable bonds is 3. The van der Waals surface area contributed by atoms with Crippen LogP contribution in [0.3, 0.4) is 0 Å². The number of carbonyl (C=O) groups is 2. The second kappa shape index (κ2) is 7.43. The van der Waals surface area contributed by atoms with Gasteiger partial charge in [-0.15, -0.1) is 0 Å². The minimum Gasteiger partial charge on any atom is -0.449 e. The minimum absolute atomic E-state index is 0.0828. The summed E-state index contributed by atoms with van der Waals surface area (Å²) in [5.74, 6) is -0.502. The number of hydrogen-bond donors (Lipinski definition) is 0. The fraction of sp³-hybridized carbons (Fsp3) is 0.556. The average molecular weight is 303 g/mol. The Hall–Kier alpha value is -1.84. The Balaban J connectivity index is 2.01. The normalized spacial score (nSPS) is 16.8. The van der Waals surface area contributed by atoms with Crippen molar-refractivity contribution < 1.29 is 14.3 Å². The Kier molecular flexibility index (Phi) is 5.58. The highest BCUT2D eigenvalue weighted by Gasteiger charge is 2.25. The molecule has 1 aliphatic rings. The van der Waals surface area contributed by atoms with Crippen molar-refractivity contribution in [2.24, 2.45) is 0 Å². The van der Waals surface area contributed by atoms with E-state index in [9.17, 15) is 9.59 Å². The molecule has 1 unspecified atom stereocenters. The third-order valence-corrected chi connectivity index (χ3v) is 4.16. The smallest absolute Gasteiger partial charge is 0.339 e. The van der Waals surface area contributed by atoms with Crippen molar-refractivity contribution in [2.75, 3.05) is 13.1 Å². The molecule has 120 valence electrons. The number of esters is 1. The predicted octanol–water partition coefficient (Wildman–Crippen LogP) is 3.25. The molecular weight excluding hydrogens is 278 g/mol. The highest BCUT2D eigenvalue weighted by atomic mass is 16.5. The van der Waals surface area contributed by atoms with Gasteiger partial charge in [-0.1, -0.05) is 30.5 Å². The number of likely N-dealkylation sites (tertiary alicyclic amines) is 1. The molecule has 0 N–H and O–H groups in total. The standard InChI is InChI=1S/C18H25NO3/c1-13-8-9-14(2)16(12-13)18(21)22-15(3)17(20)19-10-6-4-5-7-11-19/h8-9,12,15H,4-7,10-11H2,1-3H3. The number of hydrogen-bond acceptors (Lipinski definition) is 3.